The predicted molar refractivity (Wildman–Crippen MR) is 129 cm³/mol. The average molecular weight is 490 g/mol. The molecule has 1 amide bonds. The third-order valence-electron chi connectivity index (χ3n) is 5.92. The Morgan fingerprint density at radius 3 is 2.56 bits per heavy atom. The summed E-state index contributed by atoms with van der Waals surface area (Å²) in [7, 11) is 1.71. The van der Waals surface area contributed by atoms with Crippen molar-refractivity contribution in [3.63, 3.8) is 0 Å². The lowest BCUT2D eigenvalue weighted by Gasteiger charge is -2.25. The zero-order chi connectivity index (χ0) is 24.2. The molecule has 0 aromatic carbocycles. The molecule has 2 aliphatic rings. The number of carbonyl (C=O) groups is 1. The van der Waals surface area contributed by atoms with Crippen molar-refractivity contribution in [1.29, 1.82) is 0 Å². The SMILES string of the molecule is CNc1cc(Nc2cc(Cl)cn(C3CCOCC3)c2=O)nc2c(C(N)=O)cnn12.OC1CCC1. The average Bonchev–Trinajstić information content (AvgIpc) is 3.24. The highest BCUT2D eigenvalue weighted by atomic mass is 35.5. The number of nitrogens with two attached hydrogens (primary N) is 1. The Hall–Kier alpha value is -3.15. The van der Waals surface area contributed by atoms with Crippen LogP contribution in [-0.4, -0.2) is 56.5 Å². The molecule has 34 heavy (non-hydrogen) atoms. The van der Waals surface area contributed by atoms with E-state index in [-0.39, 0.29) is 34.6 Å². The Balaban J connectivity index is 0.000000486. The molecule has 2 fully saturated rings. The highest BCUT2D eigenvalue weighted by molar-refractivity contribution is 6.30. The van der Waals surface area contributed by atoms with Crippen molar-refractivity contribution in [3.05, 3.63) is 45.5 Å². The van der Waals surface area contributed by atoms with Gasteiger partial charge >= 0.3 is 0 Å². The minimum Gasteiger partial charge on any atom is -0.393 e. The van der Waals surface area contributed by atoms with Crippen LogP contribution in [0.3, 0.4) is 0 Å². The monoisotopic (exact) mass is 489 g/mol. The lowest BCUT2D eigenvalue weighted by Crippen LogP contribution is -2.30. The molecule has 5 N–H and O–H groups in total. The van der Waals surface area contributed by atoms with Gasteiger partial charge in [-0.2, -0.15) is 9.61 Å². The van der Waals surface area contributed by atoms with E-state index in [0.717, 1.165) is 25.7 Å². The van der Waals surface area contributed by atoms with Crippen LogP contribution in [0.15, 0.2) is 29.3 Å². The number of hydrogen-bond acceptors (Lipinski definition) is 8. The number of aromatic nitrogens is 4. The molecule has 1 saturated heterocycles. The van der Waals surface area contributed by atoms with E-state index in [0.29, 0.717) is 29.9 Å². The number of anilines is 3. The highest BCUT2D eigenvalue weighted by Gasteiger charge is 2.20. The second kappa shape index (κ2) is 10.4. The first-order chi connectivity index (χ1) is 16.4. The van der Waals surface area contributed by atoms with Crippen molar-refractivity contribution in [2.75, 3.05) is 30.9 Å². The third kappa shape index (κ3) is 5.16. The fourth-order valence-corrected chi connectivity index (χ4v) is 4.01. The van der Waals surface area contributed by atoms with Crippen LogP contribution in [0.2, 0.25) is 5.02 Å². The third-order valence-corrected chi connectivity index (χ3v) is 6.13. The number of nitrogens with one attached hydrogen (secondary N) is 2. The number of rotatable bonds is 5. The van der Waals surface area contributed by atoms with Crippen molar-refractivity contribution < 1.29 is 14.6 Å². The van der Waals surface area contributed by atoms with Gasteiger partial charge in [-0.25, -0.2) is 4.98 Å². The van der Waals surface area contributed by atoms with Crippen molar-refractivity contribution in [3.8, 4) is 0 Å². The molecule has 3 aromatic rings. The first-order valence-corrected chi connectivity index (χ1v) is 11.6. The number of fused-ring (bicyclic) bond motifs is 1. The largest absolute Gasteiger partial charge is 0.393 e. The van der Waals surface area contributed by atoms with Gasteiger partial charge in [0.2, 0.25) is 0 Å². The molecular formula is C22H28ClN7O4. The summed E-state index contributed by atoms with van der Waals surface area (Å²) in [6.07, 6.45) is 7.86. The minimum atomic E-state index is -0.642. The zero-order valence-electron chi connectivity index (χ0n) is 18.8. The summed E-state index contributed by atoms with van der Waals surface area (Å²) in [6.45, 7) is 1.21. The summed E-state index contributed by atoms with van der Waals surface area (Å²) < 4.78 is 8.48. The van der Waals surface area contributed by atoms with Gasteiger partial charge < -0.3 is 30.8 Å². The lowest BCUT2D eigenvalue weighted by molar-refractivity contribution is 0.0687. The predicted octanol–water partition coefficient (Wildman–Crippen LogP) is 2.31. The molecule has 5 rings (SSSR count). The lowest BCUT2D eigenvalue weighted by atomic mass is 9.97. The Morgan fingerprint density at radius 1 is 1.26 bits per heavy atom. The van der Waals surface area contributed by atoms with Crippen LogP contribution in [0.1, 0.15) is 48.5 Å². The second-order valence-electron chi connectivity index (χ2n) is 8.27. The molecule has 4 heterocycles. The molecule has 0 radical (unpaired) electrons. The van der Waals surface area contributed by atoms with Crippen LogP contribution in [0.25, 0.3) is 5.65 Å². The van der Waals surface area contributed by atoms with E-state index in [1.807, 2.05) is 0 Å². The van der Waals surface area contributed by atoms with Crippen molar-refractivity contribution in [1.82, 2.24) is 19.2 Å². The topological polar surface area (TPSA) is 149 Å². The summed E-state index contributed by atoms with van der Waals surface area (Å²) in [6, 6.07) is 3.25. The van der Waals surface area contributed by atoms with Crippen molar-refractivity contribution in [2.24, 2.45) is 5.73 Å². The van der Waals surface area contributed by atoms with Gasteiger partial charge in [-0.1, -0.05) is 11.6 Å². The van der Waals surface area contributed by atoms with Gasteiger partial charge in [-0.3, -0.25) is 9.59 Å². The number of amides is 1. The van der Waals surface area contributed by atoms with E-state index in [9.17, 15) is 9.59 Å². The second-order valence-corrected chi connectivity index (χ2v) is 8.71. The molecule has 3 aromatic heterocycles. The number of nitrogens with zero attached hydrogens (tertiary/aromatic N) is 4. The van der Waals surface area contributed by atoms with Gasteiger partial charge in [-0.05, 0) is 38.2 Å². The fraction of sp³-hybridized carbons (Fsp3) is 0.455. The highest BCUT2D eigenvalue weighted by Crippen LogP contribution is 2.25. The number of carbonyl (C=O) groups excluding carboxylic acids is 1. The van der Waals surface area contributed by atoms with Gasteiger partial charge in [0.15, 0.2) is 5.65 Å². The van der Waals surface area contributed by atoms with Crippen LogP contribution in [-0.2, 0) is 4.74 Å². The maximum atomic E-state index is 13.0. The summed E-state index contributed by atoms with van der Waals surface area (Å²) in [4.78, 5) is 29.1. The van der Waals surface area contributed by atoms with Crippen molar-refractivity contribution >= 4 is 40.5 Å². The van der Waals surface area contributed by atoms with Crippen LogP contribution in [0, 0.1) is 0 Å². The number of aliphatic hydroxyl groups is 1. The molecule has 1 saturated carbocycles. The summed E-state index contributed by atoms with van der Waals surface area (Å²) in [5, 5.41) is 19.0. The molecular weight excluding hydrogens is 462 g/mol. The molecule has 1 aliphatic carbocycles. The van der Waals surface area contributed by atoms with Crippen LogP contribution in [0.5, 0.6) is 0 Å². The molecule has 0 unspecified atom stereocenters. The van der Waals surface area contributed by atoms with E-state index < -0.39 is 5.91 Å². The maximum absolute atomic E-state index is 13.0. The standard InChI is InChI=1S/C18H20ClN7O3.C4H8O/c1-21-15-7-14(24-17-12(16(20)27)8-22-26(15)17)23-13-6-10(19)9-25(18(13)28)11-2-4-29-5-3-11;5-4-2-1-3-4/h6-9,11,21H,2-5H2,1H3,(H2,20,27)(H,23,24);4-5H,1-3H2. The van der Waals surface area contributed by atoms with E-state index in [4.69, 9.17) is 27.2 Å². The molecule has 182 valence electrons. The summed E-state index contributed by atoms with van der Waals surface area (Å²) >= 11 is 6.27. The molecule has 0 atom stereocenters. The number of hydrogen-bond donors (Lipinski definition) is 4. The molecule has 1 aliphatic heterocycles. The normalized spacial score (nSPS) is 16.4. The van der Waals surface area contributed by atoms with Gasteiger partial charge in [0, 0.05) is 38.6 Å². The van der Waals surface area contributed by atoms with E-state index in [1.54, 1.807) is 29.9 Å². The van der Waals surface area contributed by atoms with Crippen LogP contribution < -0.4 is 21.9 Å². The van der Waals surface area contributed by atoms with Gasteiger partial charge in [-0.15, -0.1) is 0 Å². The Bertz CT molecular complexity index is 1230. The smallest absolute Gasteiger partial charge is 0.274 e. The Labute approximate surface area is 200 Å². The number of pyridine rings is 1. The van der Waals surface area contributed by atoms with Crippen molar-refractivity contribution in [2.45, 2.75) is 44.2 Å². The zero-order valence-corrected chi connectivity index (χ0v) is 19.6. The number of ether oxygens (including phenoxy) is 1. The Morgan fingerprint density at radius 2 is 1.97 bits per heavy atom. The number of halogens is 1. The maximum Gasteiger partial charge on any atom is 0.274 e. The summed E-state index contributed by atoms with van der Waals surface area (Å²) in [5.74, 6) is 0.274. The van der Waals surface area contributed by atoms with Crippen LogP contribution >= 0.6 is 11.6 Å². The van der Waals surface area contributed by atoms with E-state index in [1.165, 1.54) is 17.1 Å². The van der Waals surface area contributed by atoms with Gasteiger partial charge in [0.1, 0.15) is 22.9 Å². The van der Waals surface area contributed by atoms with Gasteiger partial charge in [0.05, 0.1) is 17.3 Å². The van der Waals surface area contributed by atoms with E-state index in [2.05, 4.69) is 20.7 Å². The van der Waals surface area contributed by atoms with E-state index >= 15 is 0 Å². The molecule has 0 spiro atoms. The number of primary amides is 1. The van der Waals surface area contributed by atoms with Gasteiger partial charge in [0.25, 0.3) is 11.5 Å². The quantitative estimate of drug-likeness (QED) is 0.426. The molecule has 12 heteroatoms. The van der Waals surface area contributed by atoms with Crippen LogP contribution in [0.4, 0.5) is 17.3 Å². The first kappa shape index (κ1) is 24.0. The molecule has 11 nitrogen and oxygen atoms in total. The summed E-state index contributed by atoms with van der Waals surface area (Å²) in [5.41, 5.74) is 5.93. The minimum absolute atomic E-state index is 0.0232. The fourth-order valence-electron chi connectivity index (χ4n) is 3.80. The first-order valence-electron chi connectivity index (χ1n) is 11.2. The Kier molecular flexibility index (Phi) is 7.35. The number of aliphatic hydroxyl groups excluding tert-OH is 1. The molecule has 0 bridgehead atoms.